The number of carbonyl (C=O) groups excluding carboxylic acids is 1. The number of hydrogen-bond acceptors (Lipinski definition) is 3. The molecule has 1 amide bonds. The molecule has 1 N–H and O–H groups in total. The van der Waals surface area contributed by atoms with Crippen LogP contribution in [0.15, 0.2) is 36.7 Å². The van der Waals surface area contributed by atoms with E-state index in [1.165, 1.54) is 29.9 Å². The van der Waals surface area contributed by atoms with Gasteiger partial charge in [0.25, 0.3) is 0 Å². The van der Waals surface area contributed by atoms with Gasteiger partial charge in [-0.05, 0) is 30.7 Å². The van der Waals surface area contributed by atoms with Crippen molar-refractivity contribution >= 4 is 23.2 Å². The summed E-state index contributed by atoms with van der Waals surface area (Å²) >= 11 is 5.98. The molecule has 3 rings (SSSR count). The molecular formula is C18H16ClF4N5O. The molecule has 0 radical (unpaired) electrons. The number of carbonyl (C=O) groups is 1. The number of alkyl halides is 3. The Morgan fingerprint density at radius 1 is 1.28 bits per heavy atom. The molecule has 154 valence electrons. The highest BCUT2D eigenvalue weighted by atomic mass is 35.5. The first kappa shape index (κ1) is 20.8. The summed E-state index contributed by atoms with van der Waals surface area (Å²) < 4.78 is 53.8. The number of amides is 1. The number of aromatic nitrogens is 4. The first-order valence-corrected chi connectivity index (χ1v) is 8.87. The highest BCUT2D eigenvalue weighted by molar-refractivity contribution is 6.31. The van der Waals surface area contributed by atoms with Crippen LogP contribution >= 0.6 is 11.6 Å². The molecular weight excluding hydrogens is 414 g/mol. The molecule has 0 aliphatic rings. The van der Waals surface area contributed by atoms with Crippen molar-refractivity contribution in [2.24, 2.45) is 0 Å². The fraction of sp³-hybridized carbons (Fsp3) is 0.278. The molecule has 3 aromatic rings. The van der Waals surface area contributed by atoms with Crippen LogP contribution in [0.4, 0.5) is 23.2 Å². The molecule has 2 aromatic heterocycles. The van der Waals surface area contributed by atoms with Crippen molar-refractivity contribution in [2.75, 3.05) is 5.32 Å². The monoisotopic (exact) mass is 429 g/mol. The van der Waals surface area contributed by atoms with Crippen molar-refractivity contribution in [3.8, 4) is 0 Å². The van der Waals surface area contributed by atoms with Crippen molar-refractivity contribution in [1.29, 1.82) is 0 Å². The van der Waals surface area contributed by atoms with E-state index in [0.29, 0.717) is 16.9 Å². The number of nitrogens with zero attached hydrogens (tertiary/aromatic N) is 4. The van der Waals surface area contributed by atoms with Crippen LogP contribution in [-0.2, 0) is 24.1 Å². The number of anilines is 1. The number of aryl methyl sites for hydroxylation is 2. The second kappa shape index (κ2) is 8.24. The van der Waals surface area contributed by atoms with Crippen molar-refractivity contribution in [3.63, 3.8) is 0 Å². The lowest BCUT2D eigenvalue weighted by Gasteiger charge is -2.06. The fourth-order valence-corrected chi connectivity index (χ4v) is 2.87. The van der Waals surface area contributed by atoms with Crippen molar-refractivity contribution < 1.29 is 22.4 Å². The van der Waals surface area contributed by atoms with E-state index in [4.69, 9.17) is 11.6 Å². The third-order valence-electron chi connectivity index (χ3n) is 4.09. The Morgan fingerprint density at radius 2 is 2.03 bits per heavy atom. The van der Waals surface area contributed by atoms with E-state index in [1.54, 1.807) is 12.3 Å². The zero-order valence-corrected chi connectivity index (χ0v) is 15.9. The van der Waals surface area contributed by atoms with E-state index in [1.807, 2.05) is 0 Å². The van der Waals surface area contributed by atoms with Crippen LogP contribution in [0.2, 0.25) is 5.02 Å². The topological polar surface area (TPSA) is 64.7 Å². The van der Waals surface area contributed by atoms with Gasteiger partial charge < -0.3 is 5.32 Å². The van der Waals surface area contributed by atoms with E-state index in [2.05, 4.69) is 15.5 Å². The van der Waals surface area contributed by atoms with Gasteiger partial charge in [0.15, 0.2) is 5.69 Å². The lowest BCUT2D eigenvalue weighted by Crippen LogP contribution is -2.16. The maximum atomic E-state index is 13.1. The standard InChI is InChI=1S/C18H16ClF4N5O/c1-11-6-16(18(21,22)23)26-28(11)5-4-17(29)25-14-8-24-27(10-14)9-12-2-3-13(20)7-15(12)19/h2-3,6-8,10H,4-5,9H2,1H3,(H,25,29). The lowest BCUT2D eigenvalue weighted by atomic mass is 10.2. The van der Waals surface area contributed by atoms with Gasteiger partial charge in [-0.1, -0.05) is 17.7 Å². The lowest BCUT2D eigenvalue weighted by molar-refractivity contribution is -0.141. The molecule has 0 spiro atoms. The van der Waals surface area contributed by atoms with Crippen molar-refractivity contribution in [1.82, 2.24) is 19.6 Å². The Balaban J connectivity index is 1.56. The van der Waals surface area contributed by atoms with E-state index >= 15 is 0 Å². The predicted octanol–water partition coefficient (Wildman–Crippen LogP) is 4.28. The summed E-state index contributed by atoms with van der Waals surface area (Å²) in [7, 11) is 0. The minimum atomic E-state index is -4.53. The fourth-order valence-electron chi connectivity index (χ4n) is 2.65. The first-order chi connectivity index (χ1) is 13.6. The van der Waals surface area contributed by atoms with Gasteiger partial charge in [-0.3, -0.25) is 14.2 Å². The van der Waals surface area contributed by atoms with Gasteiger partial charge in [0, 0.05) is 29.9 Å². The molecule has 0 unspecified atom stereocenters. The van der Waals surface area contributed by atoms with E-state index in [-0.39, 0.29) is 24.5 Å². The van der Waals surface area contributed by atoms with Gasteiger partial charge in [-0.2, -0.15) is 23.4 Å². The maximum Gasteiger partial charge on any atom is 0.435 e. The van der Waals surface area contributed by atoms with E-state index < -0.39 is 23.6 Å². The van der Waals surface area contributed by atoms with Crippen LogP contribution in [0, 0.1) is 12.7 Å². The highest BCUT2D eigenvalue weighted by Gasteiger charge is 2.34. The molecule has 0 aliphatic heterocycles. The zero-order valence-electron chi connectivity index (χ0n) is 15.2. The second-order valence-corrected chi connectivity index (χ2v) is 6.76. The Bertz CT molecular complexity index is 1030. The number of rotatable bonds is 6. The van der Waals surface area contributed by atoms with Crippen LogP contribution < -0.4 is 5.32 Å². The molecule has 0 aliphatic carbocycles. The van der Waals surface area contributed by atoms with Crippen LogP contribution in [0.1, 0.15) is 23.4 Å². The maximum absolute atomic E-state index is 13.1. The van der Waals surface area contributed by atoms with Crippen LogP contribution in [0.5, 0.6) is 0 Å². The minimum Gasteiger partial charge on any atom is -0.323 e. The summed E-state index contributed by atoms with van der Waals surface area (Å²) in [4.78, 5) is 12.1. The quantitative estimate of drug-likeness (QED) is 0.595. The summed E-state index contributed by atoms with van der Waals surface area (Å²) in [5.41, 5.74) is 0.398. The highest BCUT2D eigenvalue weighted by Crippen LogP contribution is 2.28. The number of nitrogens with one attached hydrogen (secondary N) is 1. The minimum absolute atomic E-state index is 0.00702. The third kappa shape index (κ3) is 5.35. The van der Waals surface area contributed by atoms with Gasteiger partial charge in [0.1, 0.15) is 5.82 Å². The molecule has 0 saturated carbocycles. The molecule has 0 saturated heterocycles. The smallest absolute Gasteiger partial charge is 0.323 e. The molecule has 1 aromatic carbocycles. The largest absolute Gasteiger partial charge is 0.435 e. The van der Waals surface area contributed by atoms with E-state index in [0.717, 1.165) is 10.7 Å². The molecule has 11 heteroatoms. The molecule has 2 heterocycles. The third-order valence-corrected chi connectivity index (χ3v) is 4.44. The summed E-state index contributed by atoms with van der Waals surface area (Å²) in [5.74, 6) is -0.838. The van der Waals surface area contributed by atoms with Gasteiger partial charge in [-0.25, -0.2) is 4.39 Å². The predicted molar refractivity (Wildman–Crippen MR) is 98.0 cm³/mol. The average Bonchev–Trinajstić information content (AvgIpc) is 3.22. The summed E-state index contributed by atoms with van der Waals surface area (Å²) in [5, 5.41) is 10.5. The van der Waals surface area contributed by atoms with Gasteiger partial charge in [0.05, 0.1) is 18.4 Å². The first-order valence-electron chi connectivity index (χ1n) is 8.49. The van der Waals surface area contributed by atoms with Gasteiger partial charge >= 0.3 is 6.18 Å². The molecule has 6 nitrogen and oxygen atoms in total. The Labute approximate surface area is 168 Å². The normalized spacial score (nSPS) is 11.7. The molecule has 29 heavy (non-hydrogen) atoms. The number of halogens is 5. The Hall–Kier alpha value is -2.88. The Kier molecular flexibility index (Phi) is 5.92. The number of hydrogen-bond donors (Lipinski definition) is 1. The molecule has 0 fully saturated rings. The van der Waals surface area contributed by atoms with Gasteiger partial charge in [-0.15, -0.1) is 0 Å². The number of benzene rings is 1. The zero-order chi connectivity index (χ0) is 21.2. The molecule has 0 atom stereocenters. The van der Waals surface area contributed by atoms with Crippen LogP contribution in [-0.4, -0.2) is 25.5 Å². The van der Waals surface area contributed by atoms with E-state index in [9.17, 15) is 22.4 Å². The Morgan fingerprint density at radius 3 is 2.69 bits per heavy atom. The van der Waals surface area contributed by atoms with Crippen LogP contribution in [0.3, 0.4) is 0 Å². The van der Waals surface area contributed by atoms with Crippen molar-refractivity contribution in [2.45, 2.75) is 32.6 Å². The summed E-state index contributed by atoms with van der Waals surface area (Å²) in [6.45, 7) is 1.78. The van der Waals surface area contributed by atoms with Crippen molar-refractivity contribution in [3.05, 3.63) is 64.5 Å². The van der Waals surface area contributed by atoms with Gasteiger partial charge in [0.2, 0.25) is 5.91 Å². The molecule has 0 bridgehead atoms. The summed E-state index contributed by atoms with van der Waals surface area (Å²) in [6.07, 6.45) is -1.59. The average molecular weight is 430 g/mol. The SMILES string of the molecule is Cc1cc(C(F)(F)F)nn1CCC(=O)Nc1cnn(Cc2ccc(F)cc2Cl)c1. The summed E-state index contributed by atoms with van der Waals surface area (Å²) in [6, 6.07) is 4.96. The van der Waals surface area contributed by atoms with Crippen LogP contribution in [0.25, 0.3) is 0 Å². The second-order valence-electron chi connectivity index (χ2n) is 6.35.